The van der Waals surface area contributed by atoms with E-state index in [-0.39, 0.29) is 42.1 Å². The molecule has 12 aliphatic rings. The Kier molecular flexibility index (Phi) is 16.0. The molecule has 12 rings (SSSR count). The Labute approximate surface area is 446 Å². The van der Waals surface area contributed by atoms with Gasteiger partial charge in [0.25, 0.3) is 0 Å². The lowest BCUT2D eigenvalue weighted by Gasteiger charge is -2.59. The third-order valence-electron chi connectivity index (χ3n) is 18.3. The number of rotatable bonds is 16. The molecule has 20 atom stereocenters. The SMILES string of the molecule is CCCCCOC(=O)NC1=C(F)CN([C@H]2O[C@H](C)[C@@H](OC(=O)CCC(=O)O[C@@H]3O[C@@H]4OC5(C)CCC6[C@H](C)CC[C@@H]([C@H]3C)C64OO5)[C@H]2OC(=O)CCC(=O)O[C@@H]2O[C@@H]3OC4(C)CCC5[C@H](C)CC[C@@H]([C@H]2C)C53OO4)C(=O)N1. The first kappa shape index (κ1) is 56.0. The minimum Gasteiger partial charge on any atom is -0.455 e. The number of ether oxygens (including phenoxy) is 10. The molecule has 0 aromatic rings. The fourth-order valence-corrected chi connectivity index (χ4v) is 14.1. The van der Waals surface area contributed by atoms with Crippen molar-refractivity contribution >= 4 is 36.0 Å². The Hall–Kier alpha value is -4.27. The van der Waals surface area contributed by atoms with Crippen molar-refractivity contribution in [1.29, 1.82) is 0 Å². The van der Waals surface area contributed by atoms with Crippen molar-refractivity contribution in [3.63, 3.8) is 0 Å². The van der Waals surface area contributed by atoms with Crippen LogP contribution in [0.5, 0.6) is 0 Å². The van der Waals surface area contributed by atoms with Gasteiger partial charge in [0.2, 0.25) is 24.2 Å². The summed E-state index contributed by atoms with van der Waals surface area (Å²) < 4.78 is 76.0. The van der Waals surface area contributed by atoms with Gasteiger partial charge in [-0.05, 0) is 89.4 Å². The molecule has 2 saturated carbocycles. The first-order valence-electron chi connectivity index (χ1n) is 27.9. The predicted octanol–water partition coefficient (Wildman–Crippen LogP) is 6.70. The molecule has 10 heterocycles. The minimum absolute atomic E-state index is 0.0828. The number of esters is 4. The van der Waals surface area contributed by atoms with Gasteiger partial charge in [-0.2, -0.15) is 0 Å². The Morgan fingerprint density at radius 2 is 1.14 bits per heavy atom. The fourth-order valence-electron chi connectivity index (χ4n) is 14.1. The molecular weight excluding hydrogens is 1020 g/mol. The smallest absolute Gasteiger partial charge is 0.412 e. The highest BCUT2D eigenvalue weighted by Gasteiger charge is 2.71. The molecule has 9 saturated heterocycles. The molecule has 0 aromatic carbocycles. The second-order valence-corrected chi connectivity index (χ2v) is 23.5. The van der Waals surface area contributed by atoms with Gasteiger partial charge in [0.15, 0.2) is 53.9 Å². The second kappa shape index (κ2) is 22.0. The van der Waals surface area contributed by atoms with Crippen LogP contribution in [0.15, 0.2) is 11.6 Å². The van der Waals surface area contributed by atoms with Gasteiger partial charge in [-0.25, -0.2) is 33.5 Å². The fraction of sp³-hybridized carbons (Fsp3) is 0.849. The zero-order chi connectivity index (χ0) is 54.8. The Bertz CT molecular complexity index is 2310. The molecule has 3 amide bonds. The van der Waals surface area contributed by atoms with Crippen molar-refractivity contribution in [2.45, 2.75) is 224 Å². The summed E-state index contributed by atoms with van der Waals surface area (Å²) in [5.41, 5.74) is -1.76. The van der Waals surface area contributed by atoms with Gasteiger partial charge >= 0.3 is 36.0 Å². The summed E-state index contributed by atoms with van der Waals surface area (Å²) in [5.74, 6) is -7.10. The van der Waals surface area contributed by atoms with Crippen LogP contribution in [0, 0.1) is 47.3 Å². The van der Waals surface area contributed by atoms with E-state index in [9.17, 15) is 28.8 Å². The predicted molar refractivity (Wildman–Crippen MR) is 256 cm³/mol. The molecule has 0 aromatic heterocycles. The van der Waals surface area contributed by atoms with Gasteiger partial charge in [-0.3, -0.25) is 34.7 Å². The number of nitrogens with one attached hydrogen (secondary N) is 2. The van der Waals surface area contributed by atoms with Crippen LogP contribution in [0.1, 0.15) is 152 Å². The normalized spacial score (nSPS) is 43.6. The molecule has 4 bridgehead atoms. The van der Waals surface area contributed by atoms with Gasteiger partial charge < -0.3 is 47.4 Å². The van der Waals surface area contributed by atoms with E-state index in [1.165, 1.54) is 6.92 Å². The summed E-state index contributed by atoms with van der Waals surface area (Å²) in [4.78, 5) is 106. The number of hydrogen-bond acceptors (Lipinski definition) is 20. The van der Waals surface area contributed by atoms with Crippen LogP contribution in [0.3, 0.4) is 0 Å². The van der Waals surface area contributed by atoms with Gasteiger partial charge in [0.05, 0.1) is 44.9 Å². The maximum absolute atomic E-state index is 15.8. The van der Waals surface area contributed by atoms with Gasteiger partial charge in [-0.15, -0.1) is 0 Å². The van der Waals surface area contributed by atoms with Crippen molar-refractivity contribution < 1.29 is 100 Å². The Morgan fingerprint density at radius 3 is 1.65 bits per heavy atom. The standard InChI is InChI=1S/C53H76FN3O20/c1-9-10-11-24-64-49(63)56-42-35(54)25-57(48(62)55-42)43-41(67-37(59)17-19-39(61)69-45-29(5)34-15-13-27(3)32-21-23-51(8)73-47(71-45)53(32,34)77-75-51)40(30(6)65-43)66-36(58)16-18-38(60)68-44-28(4)33-14-12-26(2)31-20-22-50(7)72-46(70-44)52(31,33)76-74-50/h26-34,40-41,43-47H,9-25H2,1-8H3,(H,55,62)(H,56,63)/t26-,27-,28-,29-,30-,31?,32?,33+,34+,40-,41-,43+,44-,45-,46-,47-,50?,51?,52?,53?/m1/s1. The van der Waals surface area contributed by atoms with Crippen LogP contribution in [0.2, 0.25) is 0 Å². The van der Waals surface area contributed by atoms with E-state index < -0.39 is 152 Å². The molecular formula is C53H76FN3O20. The maximum atomic E-state index is 15.8. The quantitative estimate of drug-likeness (QED) is 0.0705. The zero-order valence-corrected chi connectivity index (χ0v) is 45.2. The van der Waals surface area contributed by atoms with E-state index in [2.05, 4.69) is 24.5 Å². The summed E-state index contributed by atoms with van der Waals surface area (Å²) in [6.07, 6.45) is -3.77. The number of halogens is 1. The van der Waals surface area contributed by atoms with Gasteiger partial charge in [0.1, 0.15) is 0 Å². The molecule has 23 nitrogen and oxygen atoms in total. The van der Waals surface area contributed by atoms with E-state index in [0.29, 0.717) is 31.1 Å². The van der Waals surface area contributed by atoms with Crippen LogP contribution >= 0.6 is 0 Å². The van der Waals surface area contributed by atoms with Crippen LogP contribution in [0.4, 0.5) is 14.0 Å². The van der Waals surface area contributed by atoms with E-state index in [4.69, 9.17) is 66.9 Å². The molecule has 430 valence electrons. The zero-order valence-electron chi connectivity index (χ0n) is 45.2. The number of amides is 3. The number of carbonyl (C=O) groups is 6. The number of fused-ring (bicyclic) bond motifs is 4. The molecule has 2 aliphatic carbocycles. The lowest BCUT2D eigenvalue weighted by molar-refractivity contribution is -0.576. The first-order chi connectivity index (χ1) is 36.7. The minimum atomic E-state index is -1.58. The molecule has 77 heavy (non-hydrogen) atoms. The molecule has 2 N–H and O–H groups in total. The number of hydrogen-bond donors (Lipinski definition) is 2. The summed E-state index contributed by atoms with van der Waals surface area (Å²) in [6.45, 7) is 14.6. The molecule has 11 fully saturated rings. The summed E-state index contributed by atoms with van der Waals surface area (Å²) in [5, 5.41) is 4.49. The molecule has 6 unspecified atom stereocenters. The van der Waals surface area contributed by atoms with E-state index in [0.717, 1.165) is 56.3 Å². The van der Waals surface area contributed by atoms with Crippen molar-refractivity contribution in [2.75, 3.05) is 13.2 Å². The number of carbonyl (C=O) groups excluding carboxylic acids is 6. The Balaban J connectivity index is 0.784. The van der Waals surface area contributed by atoms with Crippen LogP contribution in [0.25, 0.3) is 0 Å². The molecule has 0 radical (unpaired) electrons. The summed E-state index contributed by atoms with van der Waals surface area (Å²) in [7, 11) is 0. The lowest BCUT2D eigenvalue weighted by atomic mass is 9.58. The Morgan fingerprint density at radius 1 is 0.649 bits per heavy atom. The average Bonchev–Trinajstić information content (AvgIpc) is 3.56. The van der Waals surface area contributed by atoms with E-state index >= 15 is 4.39 Å². The third kappa shape index (κ3) is 10.6. The van der Waals surface area contributed by atoms with Crippen molar-refractivity contribution in [3.8, 4) is 0 Å². The average molecular weight is 1090 g/mol. The van der Waals surface area contributed by atoms with Crippen LogP contribution < -0.4 is 10.6 Å². The van der Waals surface area contributed by atoms with Crippen molar-refractivity contribution in [1.82, 2.24) is 15.5 Å². The largest absolute Gasteiger partial charge is 0.455 e. The third-order valence-corrected chi connectivity index (χ3v) is 18.3. The molecule has 2 spiro atoms. The monoisotopic (exact) mass is 1090 g/mol. The number of urea groups is 1. The van der Waals surface area contributed by atoms with Crippen molar-refractivity contribution in [2.24, 2.45) is 47.3 Å². The topological polar surface area (TPSA) is 259 Å². The van der Waals surface area contributed by atoms with Crippen molar-refractivity contribution in [3.05, 3.63) is 11.6 Å². The second-order valence-electron chi connectivity index (χ2n) is 23.5. The van der Waals surface area contributed by atoms with Crippen LogP contribution in [-0.2, 0) is 86.1 Å². The maximum Gasteiger partial charge on any atom is 0.412 e. The first-order valence-corrected chi connectivity index (χ1v) is 27.9. The lowest BCUT2D eigenvalue weighted by Crippen LogP contribution is -2.70. The highest BCUT2D eigenvalue weighted by atomic mass is 19.1. The van der Waals surface area contributed by atoms with Crippen LogP contribution in [-0.4, -0.2) is 127 Å². The summed E-state index contributed by atoms with van der Waals surface area (Å²) in [6, 6.07) is -0.957. The van der Waals surface area contributed by atoms with Gasteiger partial charge in [-0.1, -0.05) is 47.5 Å². The van der Waals surface area contributed by atoms with Gasteiger partial charge in [0, 0.05) is 36.5 Å². The molecule has 10 aliphatic heterocycles. The van der Waals surface area contributed by atoms with E-state index in [1.807, 2.05) is 20.8 Å². The highest BCUT2D eigenvalue weighted by Crippen LogP contribution is 2.62. The number of unbranched alkanes of at least 4 members (excludes halogenated alkanes) is 2. The number of nitrogens with zero attached hydrogens (tertiary/aromatic N) is 1. The van der Waals surface area contributed by atoms with E-state index in [1.54, 1.807) is 13.8 Å². The summed E-state index contributed by atoms with van der Waals surface area (Å²) >= 11 is 0. The molecule has 24 heteroatoms. The highest BCUT2D eigenvalue weighted by molar-refractivity contribution is 5.81. The number of alkyl carbamates (subject to hydrolysis) is 1.